The lowest BCUT2D eigenvalue weighted by Crippen LogP contribution is -1.96. The van der Waals surface area contributed by atoms with Crippen LogP contribution in [-0.4, -0.2) is 9.55 Å². The molecular formula is C23H15BrN2. The summed E-state index contributed by atoms with van der Waals surface area (Å²) in [6, 6.07) is 29.5. The second-order valence-electron chi connectivity index (χ2n) is 6.25. The molecule has 0 unspecified atom stereocenters. The largest absolute Gasteiger partial charge is 0.294 e. The Morgan fingerprint density at radius 3 is 2.31 bits per heavy atom. The molecule has 0 spiro atoms. The Labute approximate surface area is 159 Å². The van der Waals surface area contributed by atoms with Crippen molar-refractivity contribution in [2.75, 3.05) is 0 Å². The highest BCUT2D eigenvalue weighted by Gasteiger charge is 2.14. The van der Waals surface area contributed by atoms with E-state index in [0.717, 1.165) is 15.8 Å². The molecule has 0 aliphatic carbocycles. The second-order valence-corrected chi connectivity index (χ2v) is 7.11. The quantitative estimate of drug-likeness (QED) is 0.327. The molecule has 0 aliphatic rings. The molecule has 5 rings (SSSR count). The molecule has 0 bridgehead atoms. The minimum absolute atomic E-state index is 0.933. The number of para-hydroxylation sites is 1. The molecule has 5 aromatic rings. The molecule has 0 N–H and O–H groups in total. The molecule has 3 heteroatoms. The van der Waals surface area contributed by atoms with E-state index in [-0.39, 0.29) is 0 Å². The van der Waals surface area contributed by atoms with E-state index in [1.165, 1.54) is 27.4 Å². The highest BCUT2D eigenvalue weighted by Crippen LogP contribution is 2.35. The van der Waals surface area contributed by atoms with Gasteiger partial charge in [-0.05, 0) is 41.5 Å². The minimum Gasteiger partial charge on any atom is -0.294 e. The topological polar surface area (TPSA) is 17.8 Å². The van der Waals surface area contributed by atoms with Gasteiger partial charge in [0.1, 0.15) is 5.82 Å². The van der Waals surface area contributed by atoms with Crippen molar-refractivity contribution >= 4 is 37.7 Å². The molecule has 2 heterocycles. The first-order chi connectivity index (χ1) is 12.8. The van der Waals surface area contributed by atoms with Crippen LogP contribution in [0.15, 0.2) is 95.6 Å². The van der Waals surface area contributed by atoms with Crippen LogP contribution in [-0.2, 0) is 0 Å². The highest BCUT2D eigenvalue weighted by atomic mass is 79.9. The van der Waals surface area contributed by atoms with E-state index in [0.29, 0.717) is 0 Å². The van der Waals surface area contributed by atoms with Gasteiger partial charge in [0.15, 0.2) is 0 Å². The molecule has 3 aromatic carbocycles. The zero-order valence-electron chi connectivity index (χ0n) is 13.9. The fourth-order valence-electron chi connectivity index (χ4n) is 3.57. The predicted octanol–water partition coefficient (Wildman–Crippen LogP) is 6.61. The fourth-order valence-corrected chi connectivity index (χ4v) is 4.08. The van der Waals surface area contributed by atoms with Crippen molar-refractivity contribution in [1.29, 1.82) is 0 Å². The van der Waals surface area contributed by atoms with Crippen molar-refractivity contribution in [3.63, 3.8) is 0 Å². The van der Waals surface area contributed by atoms with Crippen molar-refractivity contribution in [3.8, 4) is 16.9 Å². The molecule has 0 radical (unpaired) electrons. The summed E-state index contributed by atoms with van der Waals surface area (Å²) in [5.41, 5.74) is 4.71. The van der Waals surface area contributed by atoms with Gasteiger partial charge in [-0.25, -0.2) is 4.98 Å². The van der Waals surface area contributed by atoms with Crippen LogP contribution < -0.4 is 0 Å². The van der Waals surface area contributed by atoms with Crippen LogP contribution in [0.1, 0.15) is 0 Å². The van der Waals surface area contributed by atoms with Gasteiger partial charge in [-0.1, -0.05) is 70.5 Å². The summed E-state index contributed by atoms with van der Waals surface area (Å²) in [5.74, 6) is 0.933. The molecule has 0 saturated carbocycles. The Hall–Kier alpha value is -2.91. The number of halogens is 1. The fraction of sp³-hybridized carbons (Fsp3) is 0. The summed E-state index contributed by atoms with van der Waals surface area (Å²) in [6.45, 7) is 0. The Bertz CT molecular complexity index is 1240. The molecule has 2 aromatic heterocycles. The van der Waals surface area contributed by atoms with Crippen LogP contribution in [0.25, 0.3) is 38.8 Å². The zero-order valence-corrected chi connectivity index (χ0v) is 15.5. The third kappa shape index (κ3) is 2.36. The van der Waals surface area contributed by atoms with Gasteiger partial charge in [0.25, 0.3) is 0 Å². The molecule has 2 nitrogen and oxygen atoms in total. The molecule has 0 amide bonds. The average molecular weight is 399 g/mol. The average Bonchev–Trinajstić information content (AvgIpc) is 3.02. The number of benzene rings is 3. The van der Waals surface area contributed by atoms with Gasteiger partial charge in [-0.15, -0.1) is 0 Å². The van der Waals surface area contributed by atoms with Crippen molar-refractivity contribution in [2.45, 2.75) is 0 Å². The lowest BCUT2D eigenvalue weighted by Gasteiger charge is -2.08. The summed E-state index contributed by atoms with van der Waals surface area (Å²) in [6.07, 6.45) is 1.84. The maximum absolute atomic E-state index is 4.60. The molecule has 0 saturated heterocycles. The normalized spacial score (nSPS) is 11.3. The summed E-state index contributed by atoms with van der Waals surface area (Å²) >= 11 is 3.68. The van der Waals surface area contributed by atoms with Crippen LogP contribution in [0.4, 0.5) is 0 Å². The van der Waals surface area contributed by atoms with Gasteiger partial charge in [0, 0.05) is 21.4 Å². The number of pyridine rings is 1. The number of aromatic nitrogens is 2. The first-order valence-corrected chi connectivity index (χ1v) is 9.32. The van der Waals surface area contributed by atoms with E-state index in [4.69, 9.17) is 0 Å². The SMILES string of the molecule is Brc1ccccc1-c1ccc2c3ccccc3n(-c3ccccn3)c2c1. The van der Waals surface area contributed by atoms with Gasteiger partial charge in [-0.3, -0.25) is 4.57 Å². The van der Waals surface area contributed by atoms with Crippen molar-refractivity contribution < 1.29 is 0 Å². The maximum Gasteiger partial charge on any atom is 0.137 e. The minimum atomic E-state index is 0.933. The van der Waals surface area contributed by atoms with Crippen LogP contribution in [0.5, 0.6) is 0 Å². The first-order valence-electron chi connectivity index (χ1n) is 8.52. The van der Waals surface area contributed by atoms with E-state index >= 15 is 0 Å². The molecular weight excluding hydrogens is 384 g/mol. The van der Waals surface area contributed by atoms with E-state index in [1.54, 1.807) is 0 Å². The Morgan fingerprint density at radius 2 is 1.46 bits per heavy atom. The maximum atomic E-state index is 4.60. The summed E-state index contributed by atoms with van der Waals surface area (Å²) in [7, 11) is 0. The number of hydrogen-bond acceptors (Lipinski definition) is 1. The summed E-state index contributed by atoms with van der Waals surface area (Å²) < 4.78 is 3.34. The third-order valence-corrected chi connectivity index (χ3v) is 5.43. The summed E-state index contributed by atoms with van der Waals surface area (Å²) in [4.78, 5) is 4.60. The van der Waals surface area contributed by atoms with Crippen LogP contribution >= 0.6 is 15.9 Å². The summed E-state index contributed by atoms with van der Waals surface area (Å²) in [5, 5.41) is 2.48. The Kier molecular flexibility index (Phi) is 3.61. The predicted molar refractivity (Wildman–Crippen MR) is 112 cm³/mol. The first kappa shape index (κ1) is 15.4. The van der Waals surface area contributed by atoms with Gasteiger partial charge < -0.3 is 0 Å². The second kappa shape index (κ2) is 6.11. The van der Waals surface area contributed by atoms with Gasteiger partial charge >= 0.3 is 0 Å². The number of rotatable bonds is 2. The number of hydrogen-bond donors (Lipinski definition) is 0. The van der Waals surface area contributed by atoms with Crippen molar-refractivity contribution in [2.24, 2.45) is 0 Å². The Balaban J connectivity index is 1.88. The van der Waals surface area contributed by atoms with Gasteiger partial charge in [-0.2, -0.15) is 0 Å². The third-order valence-electron chi connectivity index (χ3n) is 4.74. The van der Waals surface area contributed by atoms with E-state index < -0.39 is 0 Å². The molecule has 0 aliphatic heterocycles. The monoisotopic (exact) mass is 398 g/mol. The standard InChI is InChI=1S/C23H15BrN2/c24-20-9-3-1-7-17(20)16-12-13-19-18-8-2-4-10-21(18)26(22(19)15-16)23-11-5-6-14-25-23/h1-15H. The van der Waals surface area contributed by atoms with Crippen molar-refractivity contribution in [3.05, 3.63) is 95.6 Å². The molecule has 0 fully saturated rings. The van der Waals surface area contributed by atoms with Crippen LogP contribution in [0, 0.1) is 0 Å². The lowest BCUT2D eigenvalue weighted by atomic mass is 10.0. The van der Waals surface area contributed by atoms with E-state index in [9.17, 15) is 0 Å². The lowest BCUT2D eigenvalue weighted by molar-refractivity contribution is 1.08. The smallest absolute Gasteiger partial charge is 0.137 e. The highest BCUT2D eigenvalue weighted by molar-refractivity contribution is 9.10. The Morgan fingerprint density at radius 1 is 0.692 bits per heavy atom. The molecule has 26 heavy (non-hydrogen) atoms. The zero-order chi connectivity index (χ0) is 17.5. The van der Waals surface area contributed by atoms with Gasteiger partial charge in [0.2, 0.25) is 0 Å². The van der Waals surface area contributed by atoms with E-state index in [2.05, 4.69) is 92.2 Å². The number of fused-ring (bicyclic) bond motifs is 3. The molecule has 124 valence electrons. The van der Waals surface area contributed by atoms with E-state index in [1.807, 2.05) is 24.4 Å². The van der Waals surface area contributed by atoms with Crippen LogP contribution in [0.3, 0.4) is 0 Å². The molecule has 0 atom stereocenters. The van der Waals surface area contributed by atoms with Crippen LogP contribution in [0.2, 0.25) is 0 Å². The van der Waals surface area contributed by atoms with Gasteiger partial charge in [0.05, 0.1) is 11.0 Å². The van der Waals surface area contributed by atoms with Crippen molar-refractivity contribution in [1.82, 2.24) is 9.55 Å². The number of nitrogens with zero attached hydrogens (tertiary/aromatic N) is 2.